The van der Waals surface area contributed by atoms with E-state index in [0.717, 1.165) is 44.0 Å². The summed E-state index contributed by atoms with van der Waals surface area (Å²) in [5.74, 6) is 1.94. The first kappa shape index (κ1) is 16.1. The fourth-order valence-corrected chi connectivity index (χ4v) is 4.06. The molecule has 2 atom stereocenters. The lowest BCUT2D eigenvalue weighted by Crippen LogP contribution is -2.50. The highest BCUT2D eigenvalue weighted by Crippen LogP contribution is 2.41. The average molecular weight is 322 g/mol. The van der Waals surface area contributed by atoms with Crippen LogP contribution < -0.4 is 4.90 Å². The Morgan fingerprint density at radius 2 is 1.82 bits per heavy atom. The Morgan fingerprint density at radius 3 is 2.36 bits per heavy atom. The van der Waals surface area contributed by atoms with Crippen molar-refractivity contribution in [3.05, 3.63) is 23.4 Å². The minimum atomic E-state index is 0.462. The Kier molecular flexibility index (Phi) is 4.65. The summed E-state index contributed by atoms with van der Waals surface area (Å²) in [6.07, 6.45) is 5.89. The lowest BCUT2D eigenvalue weighted by atomic mass is 9.79. The molecule has 0 spiro atoms. The molecule has 1 aliphatic carbocycles. The summed E-state index contributed by atoms with van der Waals surface area (Å²) in [5.41, 5.74) is 0.462. The molecule has 122 valence electrons. The van der Waals surface area contributed by atoms with Gasteiger partial charge < -0.3 is 4.90 Å². The minimum absolute atomic E-state index is 0.462. The zero-order valence-corrected chi connectivity index (χ0v) is 14.8. The van der Waals surface area contributed by atoms with Crippen LogP contribution in [0.5, 0.6) is 0 Å². The number of nitrogens with zero attached hydrogens (tertiary/aromatic N) is 3. The molecule has 3 rings (SSSR count). The van der Waals surface area contributed by atoms with E-state index in [9.17, 15) is 0 Å². The Balaban J connectivity index is 1.53. The molecule has 1 saturated heterocycles. The number of piperazine rings is 1. The van der Waals surface area contributed by atoms with Crippen molar-refractivity contribution in [2.24, 2.45) is 11.3 Å². The lowest BCUT2D eigenvalue weighted by Gasteiger charge is -2.39. The number of aromatic nitrogens is 1. The van der Waals surface area contributed by atoms with Crippen LogP contribution in [0, 0.1) is 11.3 Å². The van der Waals surface area contributed by atoms with Crippen LogP contribution in [0.3, 0.4) is 0 Å². The quantitative estimate of drug-likeness (QED) is 0.818. The summed E-state index contributed by atoms with van der Waals surface area (Å²) >= 11 is 5.92. The fourth-order valence-electron chi connectivity index (χ4n) is 3.95. The predicted octanol–water partition coefficient (Wildman–Crippen LogP) is 4.07. The second-order valence-corrected chi connectivity index (χ2v) is 8.32. The molecule has 1 aromatic rings. The third-order valence-electron chi connectivity index (χ3n) is 5.50. The highest BCUT2D eigenvalue weighted by atomic mass is 35.5. The van der Waals surface area contributed by atoms with Gasteiger partial charge in [0, 0.05) is 38.4 Å². The maximum Gasteiger partial charge on any atom is 0.128 e. The fraction of sp³-hybridized carbons (Fsp3) is 0.722. The Bertz CT molecular complexity index is 486. The summed E-state index contributed by atoms with van der Waals surface area (Å²) in [6.45, 7) is 11.6. The van der Waals surface area contributed by atoms with Gasteiger partial charge in [0.25, 0.3) is 0 Å². The molecule has 0 radical (unpaired) electrons. The van der Waals surface area contributed by atoms with E-state index in [0.29, 0.717) is 10.4 Å². The van der Waals surface area contributed by atoms with Gasteiger partial charge in [0.1, 0.15) is 5.82 Å². The van der Waals surface area contributed by atoms with E-state index in [1.54, 1.807) is 6.20 Å². The molecule has 0 bridgehead atoms. The van der Waals surface area contributed by atoms with Gasteiger partial charge >= 0.3 is 0 Å². The maximum atomic E-state index is 5.92. The zero-order valence-electron chi connectivity index (χ0n) is 14.1. The molecule has 1 aliphatic heterocycles. The molecular formula is C18H28ClN3. The van der Waals surface area contributed by atoms with E-state index in [4.69, 9.17) is 11.6 Å². The smallest absolute Gasteiger partial charge is 0.128 e. The van der Waals surface area contributed by atoms with Crippen molar-refractivity contribution in [2.45, 2.75) is 46.1 Å². The number of anilines is 1. The first-order valence-corrected chi connectivity index (χ1v) is 8.92. The normalized spacial score (nSPS) is 27.4. The second-order valence-electron chi connectivity index (χ2n) is 7.89. The van der Waals surface area contributed by atoms with Gasteiger partial charge in [-0.25, -0.2) is 4.98 Å². The number of hydrogen-bond acceptors (Lipinski definition) is 3. The van der Waals surface area contributed by atoms with Gasteiger partial charge in [0.15, 0.2) is 0 Å². The Morgan fingerprint density at radius 1 is 1.09 bits per heavy atom. The average Bonchev–Trinajstić information content (AvgIpc) is 2.98. The van der Waals surface area contributed by atoms with Crippen LogP contribution in [0.15, 0.2) is 18.3 Å². The van der Waals surface area contributed by atoms with Crippen molar-refractivity contribution in [3.8, 4) is 0 Å². The number of halogens is 1. The van der Waals surface area contributed by atoms with E-state index in [1.165, 1.54) is 19.3 Å². The lowest BCUT2D eigenvalue weighted by molar-refractivity contribution is 0.167. The molecule has 22 heavy (non-hydrogen) atoms. The third-order valence-corrected chi connectivity index (χ3v) is 5.72. The Hall–Kier alpha value is -0.800. The third kappa shape index (κ3) is 3.57. The van der Waals surface area contributed by atoms with Gasteiger partial charge in [-0.05, 0) is 42.7 Å². The van der Waals surface area contributed by atoms with Crippen LogP contribution in [-0.4, -0.2) is 42.1 Å². The van der Waals surface area contributed by atoms with Crippen molar-refractivity contribution in [1.82, 2.24) is 9.88 Å². The van der Waals surface area contributed by atoms with Crippen molar-refractivity contribution in [1.29, 1.82) is 0 Å². The predicted molar refractivity (Wildman–Crippen MR) is 93.6 cm³/mol. The minimum Gasteiger partial charge on any atom is -0.354 e. The van der Waals surface area contributed by atoms with Crippen LogP contribution in [0.25, 0.3) is 0 Å². The van der Waals surface area contributed by atoms with Gasteiger partial charge in [0.05, 0.1) is 5.02 Å². The van der Waals surface area contributed by atoms with Gasteiger partial charge in [-0.3, -0.25) is 4.90 Å². The molecule has 2 fully saturated rings. The molecule has 3 nitrogen and oxygen atoms in total. The Labute approximate surface area is 139 Å². The molecule has 0 aromatic carbocycles. The second kappa shape index (κ2) is 6.37. The van der Waals surface area contributed by atoms with Crippen LogP contribution >= 0.6 is 11.6 Å². The zero-order chi connectivity index (χ0) is 15.7. The van der Waals surface area contributed by atoms with Crippen molar-refractivity contribution >= 4 is 17.4 Å². The molecule has 1 saturated carbocycles. The van der Waals surface area contributed by atoms with Gasteiger partial charge in [-0.1, -0.05) is 32.4 Å². The summed E-state index contributed by atoms with van der Waals surface area (Å²) in [6, 6.07) is 4.76. The SMILES string of the molecule is CC(C)(C)C1CCC(N2CCN(c3ccc(Cl)cn3)CC2)C1. The molecule has 1 aromatic heterocycles. The van der Waals surface area contributed by atoms with E-state index in [1.807, 2.05) is 12.1 Å². The number of hydrogen-bond donors (Lipinski definition) is 0. The first-order valence-electron chi connectivity index (χ1n) is 8.54. The van der Waals surface area contributed by atoms with E-state index in [-0.39, 0.29) is 0 Å². The van der Waals surface area contributed by atoms with Crippen LogP contribution in [0.4, 0.5) is 5.82 Å². The van der Waals surface area contributed by atoms with Gasteiger partial charge in [-0.15, -0.1) is 0 Å². The topological polar surface area (TPSA) is 19.4 Å². The summed E-state index contributed by atoms with van der Waals surface area (Å²) in [4.78, 5) is 9.53. The highest BCUT2D eigenvalue weighted by molar-refractivity contribution is 6.30. The van der Waals surface area contributed by atoms with Crippen molar-refractivity contribution in [3.63, 3.8) is 0 Å². The number of pyridine rings is 1. The van der Waals surface area contributed by atoms with Crippen LogP contribution in [0.2, 0.25) is 5.02 Å². The summed E-state index contributed by atoms with van der Waals surface area (Å²) in [5, 5.41) is 0.710. The maximum absolute atomic E-state index is 5.92. The monoisotopic (exact) mass is 321 g/mol. The molecule has 2 heterocycles. The molecular weight excluding hydrogens is 294 g/mol. The highest BCUT2D eigenvalue weighted by Gasteiger charge is 2.36. The van der Waals surface area contributed by atoms with Crippen LogP contribution in [-0.2, 0) is 0 Å². The van der Waals surface area contributed by atoms with Gasteiger partial charge in [0.2, 0.25) is 0 Å². The largest absolute Gasteiger partial charge is 0.354 e. The molecule has 4 heteroatoms. The number of rotatable bonds is 2. The molecule has 0 amide bonds. The van der Waals surface area contributed by atoms with Gasteiger partial charge in [-0.2, -0.15) is 0 Å². The summed E-state index contributed by atoms with van der Waals surface area (Å²) in [7, 11) is 0. The van der Waals surface area contributed by atoms with Crippen molar-refractivity contribution < 1.29 is 0 Å². The molecule has 2 unspecified atom stereocenters. The first-order chi connectivity index (χ1) is 10.4. The summed E-state index contributed by atoms with van der Waals surface area (Å²) < 4.78 is 0. The van der Waals surface area contributed by atoms with Crippen LogP contribution in [0.1, 0.15) is 40.0 Å². The van der Waals surface area contributed by atoms with E-state index < -0.39 is 0 Å². The molecule has 0 N–H and O–H groups in total. The standard InChI is InChI=1S/C18H28ClN3/c1-18(2,3)14-4-6-16(12-14)21-8-10-22(11-9-21)17-7-5-15(19)13-20-17/h5,7,13-14,16H,4,6,8-12H2,1-3H3. The van der Waals surface area contributed by atoms with Crippen molar-refractivity contribution in [2.75, 3.05) is 31.1 Å². The van der Waals surface area contributed by atoms with E-state index in [2.05, 4.69) is 35.6 Å². The van der Waals surface area contributed by atoms with E-state index >= 15 is 0 Å². The molecule has 2 aliphatic rings.